The number of hydrogen-bond donors (Lipinski definition) is 0. The summed E-state index contributed by atoms with van der Waals surface area (Å²) in [5, 5.41) is 0.668. The molecule has 3 rings (SSSR count). The van der Waals surface area contributed by atoms with Gasteiger partial charge in [-0.15, -0.1) is 0 Å². The van der Waals surface area contributed by atoms with Crippen LogP contribution in [0.5, 0.6) is 0 Å². The second kappa shape index (κ2) is 4.69. The van der Waals surface area contributed by atoms with Crippen molar-refractivity contribution in [2.75, 3.05) is 0 Å². The first-order valence-electron chi connectivity index (χ1n) is 6.22. The quantitative estimate of drug-likeness (QED) is 0.700. The molecule has 0 aliphatic heterocycles. The first kappa shape index (κ1) is 11.7. The maximum Gasteiger partial charge on any atom is 0.260 e. The van der Waals surface area contributed by atoms with Gasteiger partial charge < -0.3 is 4.57 Å². The number of aryl methyl sites for hydroxylation is 1. The summed E-state index contributed by atoms with van der Waals surface area (Å²) in [4.78, 5) is 16.2. The molecule has 0 aliphatic carbocycles. The molecule has 0 amide bonds. The fraction of sp³-hybridized carbons (Fsp3) is 0.125. The van der Waals surface area contributed by atoms with Crippen molar-refractivity contribution in [2.45, 2.75) is 6.42 Å². The third-order valence-electron chi connectivity index (χ3n) is 3.23. The normalized spacial score (nSPS) is 10.8. The van der Waals surface area contributed by atoms with Crippen LogP contribution < -0.4 is 5.56 Å². The van der Waals surface area contributed by atoms with Gasteiger partial charge in [-0.3, -0.25) is 4.79 Å². The van der Waals surface area contributed by atoms with E-state index in [9.17, 15) is 4.79 Å². The van der Waals surface area contributed by atoms with Crippen molar-refractivity contribution in [1.29, 1.82) is 0 Å². The minimum atomic E-state index is -0.00346. The predicted octanol–water partition coefficient (Wildman–Crippen LogP) is 2.52. The number of hydrogen-bond acceptors (Lipinski definition) is 2. The Balaban J connectivity index is 2.03. The Hall–Kier alpha value is -2.42. The highest BCUT2D eigenvalue weighted by molar-refractivity contribution is 5.78. The van der Waals surface area contributed by atoms with Crippen LogP contribution in [0.1, 0.15) is 11.1 Å². The van der Waals surface area contributed by atoms with Crippen molar-refractivity contribution < 1.29 is 0 Å². The zero-order chi connectivity index (χ0) is 13.2. The van der Waals surface area contributed by atoms with Crippen molar-refractivity contribution in [3.8, 4) is 0 Å². The Morgan fingerprint density at radius 2 is 1.84 bits per heavy atom. The monoisotopic (exact) mass is 250 g/mol. The first-order valence-corrected chi connectivity index (χ1v) is 6.22. The van der Waals surface area contributed by atoms with E-state index < -0.39 is 0 Å². The third kappa shape index (κ3) is 2.27. The third-order valence-corrected chi connectivity index (χ3v) is 3.23. The van der Waals surface area contributed by atoms with E-state index in [0.29, 0.717) is 5.39 Å². The maximum absolute atomic E-state index is 11.9. The molecule has 1 heterocycles. The van der Waals surface area contributed by atoms with Gasteiger partial charge in [0.25, 0.3) is 5.56 Å². The van der Waals surface area contributed by atoms with Crippen LogP contribution in [0, 0.1) is 0 Å². The van der Waals surface area contributed by atoms with E-state index in [-0.39, 0.29) is 5.56 Å². The highest BCUT2D eigenvalue weighted by atomic mass is 16.1. The van der Waals surface area contributed by atoms with E-state index in [4.69, 9.17) is 0 Å². The minimum Gasteiger partial charge on any atom is -0.302 e. The van der Waals surface area contributed by atoms with Gasteiger partial charge in [0.1, 0.15) is 0 Å². The van der Waals surface area contributed by atoms with Crippen LogP contribution >= 0.6 is 0 Å². The molecule has 0 N–H and O–H groups in total. The largest absolute Gasteiger partial charge is 0.302 e. The number of nitrogens with zero attached hydrogens (tertiary/aromatic N) is 2. The van der Waals surface area contributed by atoms with Crippen LogP contribution in [0.25, 0.3) is 10.9 Å². The van der Waals surface area contributed by atoms with Crippen LogP contribution in [0.2, 0.25) is 0 Å². The topological polar surface area (TPSA) is 34.9 Å². The van der Waals surface area contributed by atoms with Crippen LogP contribution in [0.15, 0.2) is 59.7 Å². The van der Waals surface area contributed by atoms with Gasteiger partial charge in [0, 0.05) is 7.05 Å². The summed E-state index contributed by atoms with van der Waals surface area (Å²) in [6.07, 6.45) is 2.42. The summed E-state index contributed by atoms with van der Waals surface area (Å²) in [5.74, 6) is 0. The van der Waals surface area contributed by atoms with E-state index in [0.717, 1.165) is 11.9 Å². The summed E-state index contributed by atoms with van der Waals surface area (Å²) < 4.78 is 1.50. The second-order valence-corrected chi connectivity index (χ2v) is 4.67. The zero-order valence-corrected chi connectivity index (χ0v) is 10.7. The van der Waals surface area contributed by atoms with Crippen molar-refractivity contribution in [3.05, 3.63) is 76.3 Å². The molecule has 19 heavy (non-hydrogen) atoms. The summed E-state index contributed by atoms with van der Waals surface area (Å²) in [6.45, 7) is 0. The van der Waals surface area contributed by atoms with Gasteiger partial charge in [0.15, 0.2) is 0 Å². The van der Waals surface area contributed by atoms with E-state index >= 15 is 0 Å². The Labute approximate surface area is 111 Å². The average Bonchev–Trinajstić information content (AvgIpc) is 2.44. The van der Waals surface area contributed by atoms with Crippen LogP contribution in [0.3, 0.4) is 0 Å². The lowest BCUT2D eigenvalue weighted by molar-refractivity contribution is 0.842. The highest BCUT2D eigenvalue weighted by Crippen LogP contribution is 2.14. The van der Waals surface area contributed by atoms with Crippen LogP contribution in [0.4, 0.5) is 0 Å². The summed E-state index contributed by atoms with van der Waals surface area (Å²) >= 11 is 0. The molecule has 0 saturated heterocycles. The number of rotatable bonds is 2. The second-order valence-electron chi connectivity index (χ2n) is 4.67. The van der Waals surface area contributed by atoms with Crippen LogP contribution in [-0.2, 0) is 13.5 Å². The lowest BCUT2D eigenvalue weighted by atomic mass is 10.0. The maximum atomic E-state index is 11.9. The lowest BCUT2D eigenvalue weighted by Crippen LogP contribution is -2.16. The molecule has 0 fully saturated rings. The molecule has 3 heteroatoms. The van der Waals surface area contributed by atoms with Gasteiger partial charge in [-0.05, 0) is 29.7 Å². The number of fused-ring (bicyclic) bond motifs is 1. The smallest absolute Gasteiger partial charge is 0.260 e. The molecule has 0 aliphatic rings. The van der Waals surface area contributed by atoms with E-state index in [2.05, 4.69) is 17.1 Å². The molecule has 0 unspecified atom stereocenters. The Morgan fingerprint density at radius 3 is 2.63 bits per heavy atom. The molecule has 1 aromatic heterocycles. The Morgan fingerprint density at radius 1 is 1.05 bits per heavy atom. The molecule has 0 atom stereocenters. The summed E-state index contributed by atoms with van der Waals surface area (Å²) in [7, 11) is 1.71. The first-order chi connectivity index (χ1) is 9.24. The van der Waals surface area contributed by atoms with Crippen molar-refractivity contribution in [3.63, 3.8) is 0 Å². The number of aromatic nitrogens is 2. The lowest BCUT2D eigenvalue weighted by Gasteiger charge is -2.04. The molecule has 0 spiro atoms. The molecule has 94 valence electrons. The Bertz CT molecular complexity index is 776. The molecular formula is C16H14N2O. The van der Waals surface area contributed by atoms with Gasteiger partial charge in [-0.1, -0.05) is 36.4 Å². The predicted molar refractivity (Wildman–Crippen MR) is 76.2 cm³/mol. The molecule has 0 radical (unpaired) electrons. The molecule has 2 aromatic carbocycles. The van der Waals surface area contributed by atoms with Crippen molar-refractivity contribution in [2.24, 2.45) is 7.05 Å². The molecule has 0 bridgehead atoms. The van der Waals surface area contributed by atoms with Gasteiger partial charge in [0.05, 0.1) is 17.2 Å². The van der Waals surface area contributed by atoms with E-state index in [1.54, 1.807) is 13.4 Å². The summed E-state index contributed by atoms with van der Waals surface area (Å²) in [5.41, 5.74) is 3.18. The number of benzene rings is 2. The van der Waals surface area contributed by atoms with Gasteiger partial charge >= 0.3 is 0 Å². The van der Waals surface area contributed by atoms with Gasteiger partial charge in [0.2, 0.25) is 0 Å². The van der Waals surface area contributed by atoms with E-state index in [1.165, 1.54) is 15.7 Å². The fourth-order valence-corrected chi connectivity index (χ4v) is 2.20. The Kier molecular flexibility index (Phi) is 2.88. The molecule has 0 saturated carbocycles. The molecule has 3 aromatic rings. The zero-order valence-electron chi connectivity index (χ0n) is 10.7. The molecular weight excluding hydrogens is 236 g/mol. The molecule has 3 nitrogen and oxygen atoms in total. The minimum absolute atomic E-state index is 0.00346. The fourth-order valence-electron chi connectivity index (χ4n) is 2.20. The SMILES string of the molecule is Cn1cnc2cc(Cc3ccccc3)ccc2c1=O. The highest BCUT2D eigenvalue weighted by Gasteiger charge is 2.03. The van der Waals surface area contributed by atoms with Crippen molar-refractivity contribution in [1.82, 2.24) is 9.55 Å². The average molecular weight is 250 g/mol. The summed E-state index contributed by atoms with van der Waals surface area (Å²) in [6, 6.07) is 16.1. The van der Waals surface area contributed by atoms with E-state index in [1.807, 2.05) is 36.4 Å². The van der Waals surface area contributed by atoms with Crippen LogP contribution in [-0.4, -0.2) is 9.55 Å². The van der Waals surface area contributed by atoms with Gasteiger partial charge in [-0.2, -0.15) is 0 Å². The standard InChI is InChI=1S/C16H14N2O/c1-18-11-17-15-10-13(7-8-14(15)16(18)19)9-12-5-3-2-4-6-12/h2-8,10-11H,9H2,1H3. The van der Waals surface area contributed by atoms with Gasteiger partial charge in [-0.25, -0.2) is 4.98 Å². The van der Waals surface area contributed by atoms with Crippen molar-refractivity contribution >= 4 is 10.9 Å².